The predicted octanol–water partition coefficient (Wildman–Crippen LogP) is 3.58. The van der Waals surface area contributed by atoms with Gasteiger partial charge in [-0.25, -0.2) is 9.97 Å². The number of thiazole rings is 1. The number of carbonyl (C=O) groups is 1. The Bertz CT molecular complexity index is 762. The van der Waals surface area contributed by atoms with E-state index in [2.05, 4.69) is 29.1 Å². The lowest BCUT2D eigenvalue weighted by Crippen LogP contribution is -2.47. The lowest BCUT2D eigenvalue weighted by Gasteiger charge is -2.38. The summed E-state index contributed by atoms with van der Waals surface area (Å²) >= 11 is 1.55. The summed E-state index contributed by atoms with van der Waals surface area (Å²) in [5.74, 6) is 1.02. The molecule has 4 heterocycles. The van der Waals surface area contributed by atoms with Crippen molar-refractivity contribution in [3.63, 3.8) is 0 Å². The third-order valence-corrected chi connectivity index (χ3v) is 5.98. The topological polar surface area (TPSA) is 58.1 Å². The van der Waals surface area contributed by atoms with Crippen molar-refractivity contribution in [3.8, 4) is 10.6 Å². The maximum Gasteiger partial charge on any atom is 0.273 e. The van der Waals surface area contributed by atoms with Crippen LogP contribution >= 0.6 is 11.3 Å². The van der Waals surface area contributed by atoms with Crippen molar-refractivity contribution in [1.29, 1.82) is 0 Å². The van der Waals surface area contributed by atoms with Crippen molar-refractivity contribution in [3.05, 3.63) is 28.9 Å². The van der Waals surface area contributed by atoms with E-state index in [1.807, 2.05) is 22.5 Å². The SMILES string of the molecule is C[C@@H]1CCC[C@H](C)N1C(=O)c1csc(-c2ccnc3c2CCN3)n1. The highest BCUT2D eigenvalue weighted by Crippen LogP contribution is 2.33. The first-order chi connectivity index (χ1) is 11.6. The Labute approximate surface area is 146 Å². The minimum atomic E-state index is 0.0704. The molecule has 2 atom stereocenters. The fraction of sp³-hybridized carbons (Fsp3) is 0.500. The molecule has 2 aromatic heterocycles. The molecular formula is C18H22N4OS. The van der Waals surface area contributed by atoms with E-state index in [1.165, 1.54) is 12.0 Å². The van der Waals surface area contributed by atoms with Gasteiger partial charge in [0, 0.05) is 41.3 Å². The number of nitrogens with one attached hydrogen (secondary N) is 1. The number of aromatic nitrogens is 2. The summed E-state index contributed by atoms with van der Waals surface area (Å²) in [6.07, 6.45) is 6.13. The lowest BCUT2D eigenvalue weighted by atomic mass is 9.97. The van der Waals surface area contributed by atoms with Crippen LogP contribution in [0.1, 0.15) is 49.2 Å². The Morgan fingerprint density at radius 2 is 2.12 bits per heavy atom. The first-order valence-electron chi connectivity index (χ1n) is 8.65. The molecule has 2 aromatic rings. The Kier molecular flexibility index (Phi) is 4.00. The minimum absolute atomic E-state index is 0.0704. The second kappa shape index (κ2) is 6.16. The van der Waals surface area contributed by atoms with Crippen LogP contribution in [0.5, 0.6) is 0 Å². The zero-order chi connectivity index (χ0) is 16.7. The van der Waals surface area contributed by atoms with E-state index in [9.17, 15) is 4.79 Å². The van der Waals surface area contributed by atoms with Crippen LogP contribution in [0, 0.1) is 0 Å². The first kappa shape index (κ1) is 15.6. The van der Waals surface area contributed by atoms with E-state index in [1.54, 1.807) is 11.3 Å². The number of anilines is 1. The largest absolute Gasteiger partial charge is 0.369 e. The summed E-state index contributed by atoms with van der Waals surface area (Å²) in [6.45, 7) is 5.20. The molecule has 6 heteroatoms. The van der Waals surface area contributed by atoms with Gasteiger partial charge in [0.05, 0.1) is 0 Å². The van der Waals surface area contributed by atoms with E-state index in [4.69, 9.17) is 0 Å². The second-order valence-electron chi connectivity index (χ2n) is 6.74. The zero-order valence-electron chi connectivity index (χ0n) is 14.1. The average molecular weight is 342 g/mol. The van der Waals surface area contributed by atoms with Crippen LogP contribution < -0.4 is 5.32 Å². The van der Waals surface area contributed by atoms with Crippen LogP contribution in [0.3, 0.4) is 0 Å². The molecule has 24 heavy (non-hydrogen) atoms. The highest BCUT2D eigenvalue weighted by molar-refractivity contribution is 7.13. The molecule has 126 valence electrons. The average Bonchev–Trinajstić information content (AvgIpc) is 3.23. The molecule has 2 aliphatic heterocycles. The normalized spacial score (nSPS) is 23.0. The van der Waals surface area contributed by atoms with Gasteiger partial charge >= 0.3 is 0 Å². The molecule has 4 rings (SSSR count). The van der Waals surface area contributed by atoms with Gasteiger partial charge in [-0.05, 0) is 45.6 Å². The number of rotatable bonds is 2. The van der Waals surface area contributed by atoms with Gasteiger partial charge in [-0.2, -0.15) is 0 Å². The first-order valence-corrected chi connectivity index (χ1v) is 9.53. The lowest BCUT2D eigenvalue weighted by molar-refractivity contribution is 0.0505. The summed E-state index contributed by atoms with van der Waals surface area (Å²) in [5.41, 5.74) is 2.89. The van der Waals surface area contributed by atoms with E-state index in [-0.39, 0.29) is 5.91 Å². The molecule has 0 unspecified atom stereocenters. The van der Waals surface area contributed by atoms with Gasteiger partial charge in [-0.15, -0.1) is 11.3 Å². The molecule has 0 bridgehead atoms. The Balaban J connectivity index is 1.64. The van der Waals surface area contributed by atoms with Gasteiger partial charge < -0.3 is 10.2 Å². The number of piperidine rings is 1. The van der Waals surface area contributed by atoms with Crippen molar-refractivity contribution in [2.24, 2.45) is 0 Å². The number of pyridine rings is 1. The van der Waals surface area contributed by atoms with Crippen molar-refractivity contribution in [2.75, 3.05) is 11.9 Å². The molecule has 1 amide bonds. The van der Waals surface area contributed by atoms with Crippen LogP contribution in [0.4, 0.5) is 5.82 Å². The highest BCUT2D eigenvalue weighted by atomic mass is 32.1. The third kappa shape index (κ3) is 2.59. The van der Waals surface area contributed by atoms with Crippen molar-refractivity contribution in [1.82, 2.24) is 14.9 Å². The van der Waals surface area contributed by atoms with E-state index >= 15 is 0 Å². The highest BCUT2D eigenvalue weighted by Gasteiger charge is 2.31. The van der Waals surface area contributed by atoms with E-state index < -0.39 is 0 Å². The Morgan fingerprint density at radius 1 is 1.33 bits per heavy atom. The fourth-order valence-corrected chi connectivity index (χ4v) is 4.70. The maximum atomic E-state index is 12.9. The van der Waals surface area contributed by atoms with Crippen molar-refractivity contribution >= 4 is 23.1 Å². The number of amides is 1. The maximum absolute atomic E-state index is 12.9. The monoisotopic (exact) mass is 342 g/mol. The fourth-order valence-electron chi connectivity index (χ4n) is 3.85. The Hall–Kier alpha value is -1.95. The molecule has 1 N–H and O–H groups in total. The predicted molar refractivity (Wildman–Crippen MR) is 96.5 cm³/mol. The van der Waals surface area contributed by atoms with Crippen molar-refractivity contribution < 1.29 is 4.79 Å². The van der Waals surface area contributed by atoms with Crippen LogP contribution in [0.15, 0.2) is 17.6 Å². The summed E-state index contributed by atoms with van der Waals surface area (Å²) in [4.78, 5) is 24.0. The second-order valence-corrected chi connectivity index (χ2v) is 7.60. The van der Waals surface area contributed by atoms with Gasteiger partial charge in [0.1, 0.15) is 16.5 Å². The minimum Gasteiger partial charge on any atom is -0.369 e. The summed E-state index contributed by atoms with van der Waals surface area (Å²) in [6, 6.07) is 2.59. The molecular weight excluding hydrogens is 320 g/mol. The van der Waals surface area contributed by atoms with Crippen LogP contribution in [-0.2, 0) is 6.42 Å². The molecule has 1 fully saturated rings. The van der Waals surface area contributed by atoms with Gasteiger partial charge in [-0.3, -0.25) is 4.79 Å². The van der Waals surface area contributed by atoms with Crippen LogP contribution in [0.25, 0.3) is 10.6 Å². The number of carbonyl (C=O) groups excluding carboxylic acids is 1. The molecule has 0 radical (unpaired) electrons. The molecule has 0 saturated carbocycles. The zero-order valence-corrected chi connectivity index (χ0v) is 14.9. The van der Waals surface area contributed by atoms with Crippen LogP contribution in [0.2, 0.25) is 0 Å². The van der Waals surface area contributed by atoms with Crippen LogP contribution in [-0.4, -0.2) is 39.4 Å². The number of fused-ring (bicyclic) bond motifs is 1. The van der Waals surface area contributed by atoms with Gasteiger partial charge in [0.25, 0.3) is 5.91 Å². The summed E-state index contributed by atoms with van der Waals surface area (Å²) in [5, 5.41) is 6.11. The molecule has 0 aliphatic carbocycles. The number of nitrogens with zero attached hydrogens (tertiary/aromatic N) is 3. The molecule has 0 aromatic carbocycles. The number of likely N-dealkylation sites (tertiary alicyclic amines) is 1. The summed E-state index contributed by atoms with van der Waals surface area (Å²) < 4.78 is 0. The molecule has 5 nitrogen and oxygen atoms in total. The van der Waals surface area contributed by atoms with Gasteiger partial charge in [0.2, 0.25) is 0 Å². The number of hydrogen-bond acceptors (Lipinski definition) is 5. The number of hydrogen-bond donors (Lipinski definition) is 1. The molecule has 0 spiro atoms. The Morgan fingerprint density at radius 3 is 2.92 bits per heavy atom. The van der Waals surface area contributed by atoms with Gasteiger partial charge in [0.15, 0.2) is 0 Å². The summed E-state index contributed by atoms with van der Waals surface area (Å²) in [7, 11) is 0. The van der Waals surface area contributed by atoms with Gasteiger partial charge in [-0.1, -0.05) is 0 Å². The quantitative estimate of drug-likeness (QED) is 0.906. The standard InChI is InChI=1S/C18H22N4OS/c1-11-4-3-5-12(2)22(11)18(23)15-10-24-17(21-15)14-7-9-20-16-13(14)6-8-19-16/h7,9-12H,3-6,8H2,1-2H3,(H,19,20)/t11-,12+. The van der Waals surface area contributed by atoms with E-state index in [0.29, 0.717) is 17.8 Å². The molecule has 1 saturated heterocycles. The molecule has 2 aliphatic rings. The third-order valence-electron chi connectivity index (χ3n) is 5.10. The smallest absolute Gasteiger partial charge is 0.273 e. The van der Waals surface area contributed by atoms with Crippen molar-refractivity contribution in [2.45, 2.75) is 51.6 Å². The van der Waals surface area contributed by atoms with E-state index in [0.717, 1.165) is 42.2 Å².